The molecule has 0 aromatic carbocycles. The number of ether oxygens (including phenoxy) is 1. The van der Waals surface area contributed by atoms with Crippen molar-refractivity contribution in [2.75, 3.05) is 0 Å². The van der Waals surface area contributed by atoms with Crippen molar-refractivity contribution in [1.82, 2.24) is 0 Å². The van der Waals surface area contributed by atoms with Gasteiger partial charge in [0.25, 0.3) is 0 Å². The van der Waals surface area contributed by atoms with Gasteiger partial charge in [-0.2, -0.15) is 0 Å². The first-order valence-electron chi connectivity index (χ1n) is 3.38. The van der Waals surface area contributed by atoms with Crippen LogP contribution in [-0.2, 0) is 14.3 Å². The van der Waals surface area contributed by atoms with Crippen LogP contribution in [0.3, 0.4) is 0 Å². The van der Waals surface area contributed by atoms with E-state index in [0.717, 1.165) is 12.2 Å². The van der Waals surface area contributed by atoms with Gasteiger partial charge in [0, 0.05) is 12.2 Å². The van der Waals surface area contributed by atoms with Gasteiger partial charge in [0.15, 0.2) is 0 Å². The summed E-state index contributed by atoms with van der Waals surface area (Å²) < 4.78 is 3.97. The second-order valence-corrected chi connectivity index (χ2v) is 1.83. The SMILES string of the molecule is C=CC=CC.O=C1C=CC(=O)O1. The van der Waals surface area contributed by atoms with Crippen LogP contribution < -0.4 is 0 Å². The minimum absolute atomic E-state index is 0.579. The van der Waals surface area contributed by atoms with Crippen molar-refractivity contribution in [3.8, 4) is 0 Å². The first-order chi connectivity index (χ1) is 5.70. The highest BCUT2D eigenvalue weighted by molar-refractivity contribution is 6.04. The molecule has 0 aromatic rings. The maximum Gasteiger partial charge on any atom is 0.338 e. The fourth-order valence-electron chi connectivity index (χ4n) is 0.439. The Kier molecular flexibility index (Phi) is 5.26. The van der Waals surface area contributed by atoms with Gasteiger partial charge in [-0.15, -0.1) is 0 Å². The van der Waals surface area contributed by atoms with Gasteiger partial charge in [0.1, 0.15) is 0 Å². The van der Waals surface area contributed by atoms with Gasteiger partial charge in [0.2, 0.25) is 0 Å². The van der Waals surface area contributed by atoms with Crippen LogP contribution in [0.25, 0.3) is 0 Å². The molecule has 0 aromatic heterocycles. The first-order valence-corrected chi connectivity index (χ1v) is 3.38. The zero-order valence-corrected chi connectivity index (χ0v) is 6.82. The van der Waals surface area contributed by atoms with Crippen molar-refractivity contribution in [2.24, 2.45) is 0 Å². The normalized spacial score (nSPS) is 14.1. The molecule has 0 aliphatic carbocycles. The summed E-state index contributed by atoms with van der Waals surface area (Å²) in [5.41, 5.74) is 0. The van der Waals surface area contributed by atoms with Gasteiger partial charge in [0.05, 0.1) is 0 Å². The smallest absolute Gasteiger partial charge is 0.338 e. The largest absolute Gasteiger partial charge is 0.387 e. The Morgan fingerprint density at radius 1 is 1.33 bits per heavy atom. The van der Waals surface area contributed by atoms with E-state index in [4.69, 9.17) is 0 Å². The molecule has 1 heterocycles. The fourth-order valence-corrected chi connectivity index (χ4v) is 0.439. The molecule has 0 N–H and O–H groups in total. The van der Waals surface area contributed by atoms with Crippen LogP contribution in [0.2, 0.25) is 0 Å². The third-order valence-electron chi connectivity index (χ3n) is 0.885. The molecule has 0 unspecified atom stereocenters. The highest BCUT2D eigenvalue weighted by Crippen LogP contribution is 1.92. The highest BCUT2D eigenvalue weighted by atomic mass is 16.6. The summed E-state index contributed by atoms with van der Waals surface area (Å²) in [5, 5.41) is 0. The summed E-state index contributed by atoms with van der Waals surface area (Å²) in [7, 11) is 0. The Labute approximate surface area is 71.0 Å². The fraction of sp³-hybridized carbons (Fsp3) is 0.111. The number of allylic oxidation sites excluding steroid dienone is 3. The van der Waals surface area contributed by atoms with E-state index in [1.807, 2.05) is 19.1 Å². The lowest BCUT2D eigenvalue weighted by Crippen LogP contribution is -1.96. The third kappa shape index (κ3) is 5.17. The molecule has 1 aliphatic heterocycles. The van der Waals surface area contributed by atoms with Gasteiger partial charge in [-0.1, -0.05) is 24.8 Å². The predicted octanol–water partition coefficient (Wildman–Crippen LogP) is 1.37. The van der Waals surface area contributed by atoms with E-state index >= 15 is 0 Å². The van der Waals surface area contributed by atoms with Crippen molar-refractivity contribution < 1.29 is 14.3 Å². The van der Waals surface area contributed by atoms with Crippen LogP contribution in [0.4, 0.5) is 0 Å². The predicted molar refractivity (Wildman–Crippen MR) is 45.3 cm³/mol. The van der Waals surface area contributed by atoms with E-state index in [0.29, 0.717) is 0 Å². The quantitative estimate of drug-likeness (QED) is 0.335. The van der Waals surface area contributed by atoms with Crippen molar-refractivity contribution >= 4 is 11.9 Å². The molecule has 0 bridgehead atoms. The molecule has 0 atom stereocenters. The Balaban J connectivity index is 0.000000217. The van der Waals surface area contributed by atoms with Crippen molar-refractivity contribution in [3.05, 3.63) is 37.0 Å². The Hall–Kier alpha value is -1.64. The van der Waals surface area contributed by atoms with Crippen molar-refractivity contribution in [1.29, 1.82) is 0 Å². The molecule has 0 saturated carbocycles. The number of carbonyl (C=O) groups is 2. The molecule has 64 valence electrons. The second-order valence-electron chi connectivity index (χ2n) is 1.83. The van der Waals surface area contributed by atoms with Crippen LogP contribution in [-0.4, -0.2) is 11.9 Å². The van der Waals surface area contributed by atoms with Gasteiger partial charge in [-0.25, -0.2) is 9.59 Å². The number of hydrogen-bond acceptors (Lipinski definition) is 3. The molecule has 1 aliphatic rings. The monoisotopic (exact) mass is 166 g/mol. The summed E-state index contributed by atoms with van der Waals surface area (Å²) in [6, 6.07) is 0. The lowest BCUT2D eigenvalue weighted by molar-refractivity contribution is -0.150. The van der Waals surface area contributed by atoms with E-state index < -0.39 is 11.9 Å². The van der Waals surface area contributed by atoms with Gasteiger partial charge < -0.3 is 4.74 Å². The summed E-state index contributed by atoms with van der Waals surface area (Å²) in [6.45, 7) is 5.42. The minimum atomic E-state index is -0.579. The van der Waals surface area contributed by atoms with E-state index in [-0.39, 0.29) is 0 Å². The van der Waals surface area contributed by atoms with E-state index in [1.54, 1.807) is 6.08 Å². The molecular weight excluding hydrogens is 156 g/mol. The summed E-state index contributed by atoms with van der Waals surface area (Å²) in [5.74, 6) is -1.16. The van der Waals surface area contributed by atoms with E-state index in [1.165, 1.54) is 0 Å². The zero-order chi connectivity index (χ0) is 9.40. The van der Waals surface area contributed by atoms with Crippen molar-refractivity contribution in [3.63, 3.8) is 0 Å². The maximum atomic E-state index is 9.92. The van der Waals surface area contributed by atoms with Crippen LogP contribution >= 0.6 is 0 Å². The lowest BCUT2D eigenvalue weighted by atomic mass is 10.5. The Morgan fingerprint density at radius 2 is 1.83 bits per heavy atom. The van der Waals surface area contributed by atoms with E-state index in [9.17, 15) is 9.59 Å². The average Bonchev–Trinajstić information content (AvgIpc) is 2.38. The number of hydrogen-bond donors (Lipinski definition) is 0. The molecule has 3 heteroatoms. The third-order valence-corrected chi connectivity index (χ3v) is 0.885. The van der Waals surface area contributed by atoms with E-state index in [2.05, 4.69) is 11.3 Å². The van der Waals surface area contributed by atoms with Crippen LogP contribution in [0.15, 0.2) is 37.0 Å². The Bertz CT molecular complexity index is 220. The first kappa shape index (κ1) is 10.4. The number of cyclic esters (lactones) is 2. The minimum Gasteiger partial charge on any atom is -0.387 e. The molecular formula is C9H10O3. The van der Waals surface area contributed by atoms with Crippen LogP contribution in [0, 0.1) is 0 Å². The number of rotatable bonds is 1. The van der Waals surface area contributed by atoms with Gasteiger partial charge in [-0.3, -0.25) is 0 Å². The summed E-state index contributed by atoms with van der Waals surface area (Å²) in [6.07, 6.45) is 7.75. The van der Waals surface area contributed by atoms with Gasteiger partial charge >= 0.3 is 11.9 Å². The maximum absolute atomic E-state index is 9.92. The number of carbonyl (C=O) groups excluding carboxylic acids is 2. The zero-order valence-electron chi connectivity index (χ0n) is 6.82. The number of esters is 2. The molecule has 3 nitrogen and oxygen atoms in total. The molecule has 0 amide bonds. The molecule has 0 radical (unpaired) electrons. The highest BCUT2D eigenvalue weighted by Gasteiger charge is 2.10. The average molecular weight is 166 g/mol. The van der Waals surface area contributed by atoms with Gasteiger partial charge in [-0.05, 0) is 6.92 Å². The standard InChI is InChI=1S/C5H8.C4H2O3/c1-3-5-4-2;5-3-1-2-4(6)7-3/h3-5H,1H2,2H3;1-2H. The van der Waals surface area contributed by atoms with Crippen LogP contribution in [0.5, 0.6) is 0 Å². The van der Waals surface area contributed by atoms with Crippen LogP contribution in [0.1, 0.15) is 6.92 Å². The summed E-state index contributed by atoms with van der Waals surface area (Å²) >= 11 is 0. The topological polar surface area (TPSA) is 43.4 Å². The summed E-state index contributed by atoms with van der Waals surface area (Å²) in [4.78, 5) is 19.8. The molecule has 0 spiro atoms. The van der Waals surface area contributed by atoms with Crippen molar-refractivity contribution in [2.45, 2.75) is 6.92 Å². The second kappa shape index (κ2) is 6.09. The molecule has 0 saturated heterocycles. The molecule has 0 fully saturated rings. The molecule has 12 heavy (non-hydrogen) atoms. The Morgan fingerprint density at radius 3 is 1.92 bits per heavy atom. The molecule has 1 rings (SSSR count). The lowest BCUT2D eigenvalue weighted by Gasteiger charge is -1.80.